The van der Waals surface area contributed by atoms with E-state index >= 15 is 0 Å². The Bertz CT molecular complexity index is 506. The monoisotopic (exact) mass is 414 g/mol. The van der Waals surface area contributed by atoms with Crippen LogP contribution in [0.3, 0.4) is 0 Å². The average molecular weight is 415 g/mol. The fourth-order valence-electron chi connectivity index (χ4n) is 2.69. The molecule has 25 heavy (non-hydrogen) atoms. The summed E-state index contributed by atoms with van der Waals surface area (Å²) < 4.78 is 5.59. The van der Waals surface area contributed by atoms with Crippen LogP contribution in [-0.4, -0.2) is 79.9 Å². The van der Waals surface area contributed by atoms with Gasteiger partial charge in [-0.3, -0.25) is 0 Å². The van der Waals surface area contributed by atoms with Gasteiger partial charge in [-0.2, -0.15) is 0 Å². The maximum atomic E-state index is 10.3. The quantitative estimate of drug-likeness (QED) is 0.280. The molecule has 0 spiro atoms. The molecular weight excluding hydrogens is 391 g/mol. The molecule has 2 rings (SSSR count). The summed E-state index contributed by atoms with van der Waals surface area (Å²) in [6.07, 6.45) is -3.59. The van der Waals surface area contributed by atoms with E-state index in [-0.39, 0.29) is 38.0 Å². The van der Waals surface area contributed by atoms with Crippen LogP contribution in [0.1, 0.15) is 5.56 Å². The summed E-state index contributed by atoms with van der Waals surface area (Å²) in [5.41, 5.74) is 0.868. The van der Waals surface area contributed by atoms with Crippen LogP contribution in [0.4, 0.5) is 0 Å². The van der Waals surface area contributed by atoms with E-state index in [1.165, 1.54) is 0 Å². The van der Waals surface area contributed by atoms with Crippen molar-refractivity contribution in [2.24, 2.45) is 0 Å². The molecular formula is C16H24Cl2O6S. The molecule has 5 N–H and O–H groups in total. The summed E-state index contributed by atoms with van der Waals surface area (Å²) in [6, 6.07) is 7.07. The highest BCUT2D eigenvalue weighted by molar-refractivity contribution is 7.97. The van der Waals surface area contributed by atoms with E-state index < -0.39 is 40.6 Å². The standard InChI is InChI=1S/C16H24ClO6S.ClH/c17-11-3-1-10(2-4-11)7-23-14(5-18)12(20)8-24-9-13(21)16(22)15(24)6-19;/h1-4,12-16,18-22H,5-9H2;1H/q+1;/p-1/t12?,13-,14+,15-,16+,24?;/m1./s1. The van der Waals surface area contributed by atoms with E-state index in [1.54, 1.807) is 24.3 Å². The van der Waals surface area contributed by atoms with Crippen LogP contribution in [0.5, 0.6) is 0 Å². The zero-order chi connectivity index (χ0) is 17.7. The van der Waals surface area contributed by atoms with Gasteiger partial charge in [0.15, 0.2) is 5.25 Å². The highest BCUT2D eigenvalue weighted by Crippen LogP contribution is 2.25. The predicted octanol–water partition coefficient (Wildman–Crippen LogP) is -3.70. The molecule has 9 heteroatoms. The topological polar surface area (TPSA) is 110 Å². The minimum atomic E-state index is -0.979. The molecule has 1 aromatic rings. The predicted molar refractivity (Wildman–Crippen MR) is 93.1 cm³/mol. The molecule has 1 aliphatic heterocycles. The Morgan fingerprint density at radius 3 is 2.40 bits per heavy atom. The Balaban J connectivity index is 0.00000312. The first-order valence-corrected chi connectivity index (χ1v) is 9.75. The molecule has 0 aromatic heterocycles. The average Bonchev–Trinajstić information content (AvgIpc) is 2.83. The maximum Gasteiger partial charge on any atom is 0.169 e. The third-order valence-corrected chi connectivity index (χ3v) is 7.21. The molecule has 1 aliphatic rings. The third-order valence-electron chi connectivity index (χ3n) is 4.14. The number of hydrogen-bond donors (Lipinski definition) is 5. The Morgan fingerprint density at radius 1 is 1.20 bits per heavy atom. The van der Waals surface area contributed by atoms with E-state index in [4.69, 9.17) is 16.3 Å². The summed E-state index contributed by atoms with van der Waals surface area (Å²) in [7, 11) is -0.537. The molecule has 1 aromatic carbocycles. The SMILES string of the molecule is OC[C@H](OCc1ccc(Cl)cc1)C(O)C[S+]1C[C@@H](O)[C@H](O)[C@H]1CO.[Cl-]. The van der Waals surface area contributed by atoms with Crippen molar-refractivity contribution in [1.29, 1.82) is 0 Å². The van der Waals surface area contributed by atoms with E-state index in [9.17, 15) is 25.5 Å². The van der Waals surface area contributed by atoms with Gasteiger partial charge in [-0.05, 0) is 17.7 Å². The van der Waals surface area contributed by atoms with Crippen LogP contribution in [0.15, 0.2) is 24.3 Å². The minimum absolute atomic E-state index is 0. The molecule has 1 fully saturated rings. The van der Waals surface area contributed by atoms with E-state index in [0.29, 0.717) is 10.8 Å². The summed E-state index contributed by atoms with van der Waals surface area (Å²) in [5, 5.41) is 48.9. The van der Waals surface area contributed by atoms with Crippen LogP contribution in [0.25, 0.3) is 0 Å². The second-order valence-electron chi connectivity index (χ2n) is 5.88. The molecule has 0 radical (unpaired) electrons. The van der Waals surface area contributed by atoms with Gasteiger partial charge in [0.1, 0.15) is 35.9 Å². The molecule has 1 saturated heterocycles. The Morgan fingerprint density at radius 2 is 1.84 bits per heavy atom. The fourth-order valence-corrected chi connectivity index (χ4v) is 5.52. The third kappa shape index (κ3) is 6.23. The van der Waals surface area contributed by atoms with Crippen molar-refractivity contribution in [2.75, 3.05) is 24.7 Å². The summed E-state index contributed by atoms with van der Waals surface area (Å²) in [5.74, 6) is 0.587. The van der Waals surface area contributed by atoms with Crippen LogP contribution < -0.4 is 12.4 Å². The van der Waals surface area contributed by atoms with Gasteiger partial charge in [-0.15, -0.1) is 0 Å². The van der Waals surface area contributed by atoms with Gasteiger partial charge in [0.05, 0.1) is 19.8 Å². The fraction of sp³-hybridized carbons (Fsp3) is 0.625. The molecule has 0 saturated carbocycles. The molecule has 6 nitrogen and oxygen atoms in total. The van der Waals surface area contributed by atoms with Crippen molar-refractivity contribution in [2.45, 2.75) is 36.3 Å². The van der Waals surface area contributed by atoms with Crippen LogP contribution in [0.2, 0.25) is 5.02 Å². The zero-order valence-corrected chi connectivity index (χ0v) is 15.9. The lowest BCUT2D eigenvalue weighted by atomic mass is 10.2. The lowest BCUT2D eigenvalue weighted by Gasteiger charge is -2.22. The first kappa shape index (κ1) is 23.0. The number of aliphatic hydroxyl groups is 5. The van der Waals surface area contributed by atoms with Crippen molar-refractivity contribution in [3.63, 3.8) is 0 Å². The second-order valence-corrected chi connectivity index (χ2v) is 8.66. The van der Waals surface area contributed by atoms with Crippen molar-refractivity contribution in [3.05, 3.63) is 34.9 Å². The molecule has 0 bridgehead atoms. The zero-order valence-electron chi connectivity index (χ0n) is 13.5. The highest BCUT2D eigenvalue weighted by Gasteiger charge is 2.50. The van der Waals surface area contributed by atoms with Gasteiger partial charge in [0.25, 0.3) is 0 Å². The first-order valence-electron chi connectivity index (χ1n) is 7.74. The maximum absolute atomic E-state index is 10.3. The van der Waals surface area contributed by atoms with Gasteiger partial charge >= 0.3 is 0 Å². The van der Waals surface area contributed by atoms with Crippen molar-refractivity contribution in [1.82, 2.24) is 0 Å². The van der Waals surface area contributed by atoms with Crippen LogP contribution >= 0.6 is 11.6 Å². The lowest BCUT2D eigenvalue weighted by molar-refractivity contribution is -0.0623. The summed E-state index contributed by atoms with van der Waals surface area (Å²) >= 11 is 5.82. The molecule has 144 valence electrons. The second kappa shape index (κ2) is 10.9. The molecule has 6 atom stereocenters. The van der Waals surface area contributed by atoms with Crippen molar-refractivity contribution in [3.8, 4) is 0 Å². The largest absolute Gasteiger partial charge is 1.00 e. The Kier molecular flexibility index (Phi) is 10.0. The smallest absolute Gasteiger partial charge is 0.169 e. The number of rotatable bonds is 8. The number of halogens is 2. The van der Waals surface area contributed by atoms with Gasteiger partial charge in [-0.25, -0.2) is 0 Å². The molecule has 0 aliphatic carbocycles. The number of ether oxygens (including phenoxy) is 1. The molecule has 0 amide bonds. The van der Waals surface area contributed by atoms with Gasteiger partial charge < -0.3 is 42.7 Å². The van der Waals surface area contributed by atoms with Gasteiger partial charge in [0.2, 0.25) is 0 Å². The molecule has 2 unspecified atom stereocenters. The summed E-state index contributed by atoms with van der Waals surface area (Å²) in [4.78, 5) is 0. The van der Waals surface area contributed by atoms with Crippen molar-refractivity contribution >= 4 is 22.5 Å². The van der Waals surface area contributed by atoms with Crippen molar-refractivity contribution < 1.29 is 42.7 Å². The number of hydrogen-bond acceptors (Lipinski definition) is 6. The van der Waals surface area contributed by atoms with E-state index in [0.717, 1.165) is 5.56 Å². The molecule has 1 heterocycles. The van der Waals surface area contributed by atoms with Gasteiger partial charge in [0, 0.05) is 15.9 Å². The Labute approximate surface area is 161 Å². The van der Waals surface area contributed by atoms with E-state index in [2.05, 4.69) is 0 Å². The number of benzene rings is 1. The highest BCUT2D eigenvalue weighted by atomic mass is 35.5. The van der Waals surface area contributed by atoms with Crippen LogP contribution in [0, 0.1) is 0 Å². The Hall–Kier alpha value is -0.0900. The normalized spacial score (nSPS) is 28.4. The lowest BCUT2D eigenvalue weighted by Crippen LogP contribution is -3.00. The minimum Gasteiger partial charge on any atom is -1.00 e. The van der Waals surface area contributed by atoms with Gasteiger partial charge in [-0.1, -0.05) is 23.7 Å². The number of aliphatic hydroxyl groups excluding tert-OH is 5. The first-order chi connectivity index (χ1) is 11.5. The van der Waals surface area contributed by atoms with E-state index in [1.807, 2.05) is 0 Å². The van der Waals surface area contributed by atoms with Crippen LogP contribution in [-0.2, 0) is 22.2 Å². The summed E-state index contributed by atoms with van der Waals surface area (Å²) in [6.45, 7) is -0.369.